The monoisotopic (exact) mass is 422 g/mol. The van der Waals surface area contributed by atoms with Crippen LogP contribution in [-0.4, -0.2) is 61.4 Å². The summed E-state index contributed by atoms with van der Waals surface area (Å²) in [7, 11) is -4.30. The minimum atomic E-state index is -4.30. The van der Waals surface area contributed by atoms with Crippen molar-refractivity contribution in [2.24, 2.45) is 5.73 Å². The second-order valence-electron chi connectivity index (χ2n) is 6.68. The summed E-state index contributed by atoms with van der Waals surface area (Å²) < 4.78 is 44.2. The number of carbonyl (C=O) groups is 1. The van der Waals surface area contributed by atoms with Crippen molar-refractivity contribution >= 4 is 13.5 Å². The molecule has 1 unspecified atom stereocenters. The van der Waals surface area contributed by atoms with E-state index in [4.69, 9.17) is 19.5 Å². The maximum absolute atomic E-state index is 14.7. The minimum Gasteiger partial charge on any atom is -0.387 e. The number of aliphatic hydroxyl groups is 2. The Balaban J connectivity index is 2.25. The lowest BCUT2D eigenvalue weighted by Crippen LogP contribution is -2.31. The number of aromatic nitrogens is 3. The Labute approximate surface area is 160 Å². The number of carbonyl (C=O) groups excluding carboxylic acids is 1. The zero-order valence-electron chi connectivity index (χ0n) is 15.8. The Morgan fingerprint density at radius 3 is 2.36 bits per heavy atom. The number of ether oxygens (including phenoxy) is 1. The van der Waals surface area contributed by atoms with Crippen molar-refractivity contribution in [2.45, 2.75) is 64.4 Å². The molecule has 0 bridgehead atoms. The number of rotatable bonds is 8. The Kier molecular flexibility index (Phi) is 7.07. The third kappa shape index (κ3) is 5.02. The molecule has 0 spiro atoms. The normalized spacial score (nSPS) is 26.4. The SMILES string of the molecule is CC(C)OP(=O)(OC(C)C)/C(F)=C/[C@H]1OC(n2cnc(C(N)=O)n2)[C@H](O)[C@@H]1O. The fraction of sp³-hybridized carbons (Fsp3) is 0.667. The molecule has 4 atom stereocenters. The first-order valence-corrected chi connectivity index (χ1v) is 10.1. The van der Waals surface area contributed by atoms with E-state index in [1.54, 1.807) is 27.7 Å². The van der Waals surface area contributed by atoms with E-state index in [2.05, 4.69) is 10.1 Å². The molecule has 2 rings (SSSR count). The quantitative estimate of drug-likeness (QED) is 0.516. The number of nitrogens with zero attached hydrogens (tertiary/aromatic N) is 3. The van der Waals surface area contributed by atoms with Crippen molar-refractivity contribution in [1.82, 2.24) is 14.8 Å². The van der Waals surface area contributed by atoms with Gasteiger partial charge in [-0.2, -0.15) is 4.39 Å². The summed E-state index contributed by atoms with van der Waals surface area (Å²) in [5.74, 6) is -1.22. The van der Waals surface area contributed by atoms with Gasteiger partial charge < -0.3 is 29.7 Å². The van der Waals surface area contributed by atoms with Crippen molar-refractivity contribution in [3.63, 3.8) is 0 Å². The molecule has 0 radical (unpaired) electrons. The van der Waals surface area contributed by atoms with Gasteiger partial charge in [0.15, 0.2) is 6.23 Å². The molecule has 1 aromatic heterocycles. The summed E-state index contributed by atoms with van der Waals surface area (Å²) in [6, 6.07) is 0. The highest BCUT2D eigenvalue weighted by Gasteiger charge is 2.45. The van der Waals surface area contributed by atoms with Crippen molar-refractivity contribution in [1.29, 1.82) is 0 Å². The number of aliphatic hydroxyl groups excluding tert-OH is 2. The number of primary amides is 1. The van der Waals surface area contributed by atoms with Crippen molar-refractivity contribution in [3.8, 4) is 0 Å². The fourth-order valence-electron chi connectivity index (χ4n) is 2.46. The zero-order valence-corrected chi connectivity index (χ0v) is 16.7. The molecule has 1 aliphatic heterocycles. The summed E-state index contributed by atoms with van der Waals surface area (Å²) in [6.45, 7) is 6.24. The third-order valence-electron chi connectivity index (χ3n) is 3.53. The zero-order chi connectivity index (χ0) is 21.2. The van der Waals surface area contributed by atoms with Crippen LogP contribution in [0.1, 0.15) is 44.5 Å². The van der Waals surface area contributed by atoms with Crippen LogP contribution in [0.2, 0.25) is 0 Å². The molecule has 2 heterocycles. The second-order valence-corrected chi connectivity index (χ2v) is 8.52. The van der Waals surface area contributed by atoms with E-state index in [0.29, 0.717) is 0 Å². The lowest BCUT2D eigenvalue weighted by atomic mass is 10.1. The van der Waals surface area contributed by atoms with Crippen molar-refractivity contribution in [3.05, 3.63) is 23.8 Å². The molecule has 11 nitrogen and oxygen atoms in total. The standard InChI is InChI=1S/C15H24FN4O7P/c1-7(2)26-28(24,27-8(3)4)10(16)5-9-11(21)12(22)15(25-9)20-6-18-14(19-20)13(17)23/h5-9,11-12,15,21-22H,1-4H3,(H2,17,23)/b10-5+/t9-,11-,12-,15?/m1/s1. The Morgan fingerprint density at radius 1 is 1.32 bits per heavy atom. The Hall–Kier alpha value is -1.69. The summed E-state index contributed by atoms with van der Waals surface area (Å²) in [5.41, 5.74) is 3.80. The van der Waals surface area contributed by atoms with Gasteiger partial charge in [-0.15, -0.1) is 5.10 Å². The average molecular weight is 422 g/mol. The van der Waals surface area contributed by atoms with Crippen LogP contribution >= 0.6 is 7.60 Å². The third-order valence-corrected chi connectivity index (χ3v) is 5.60. The van der Waals surface area contributed by atoms with Gasteiger partial charge in [0.05, 0.1) is 12.2 Å². The fourth-order valence-corrected chi connectivity index (χ4v) is 4.15. The second kappa shape index (κ2) is 8.76. The van der Waals surface area contributed by atoms with E-state index in [1.165, 1.54) is 0 Å². The summed E-state index contributed by atoms with van der Waals surface area (Å²) in [6.07, 6.45) is -5.18. The summed E-state index contributed by atoms with van der Waals surface area (Å²) >= 11 is 0. The van der Waals surface area contributed by atoms with Crippen LogP contribution < -0.4 is 5.73 Å². The molecule has 1 amide bonds. The van der Waals surface area contributed by atoms with Crippen LogP contribution in [0, 0.1) is 0 Å². The van der Waals surface area contributed by atoms with Gasteiger partial charge in [0.2, 0.25) is 11.4 Å². The van der Waals surface area contributed by atoms with E-state index in [0.717, 1.165) is 17.1 Å². The van der Waals surface area contributed by atoms with E-state index in [-0.39, 0.29) is 5.82 Å². The van der Waals surface area contributed by atoms with Crippen LogP contribution in [0.15, 0.2) is 18.0 Å². The predicted molar refractivity (Wildman–Crippen MR) is 93.7 cm³/mol. The minimum absolute atomic E-state index is 0.323. The molecule has 158 valence electrons. The molecule has 1 aromatic rings. The highest BCUT2D eigenvalue weighted by molar-refractivity contribution is 7.58. The van der Waals surface area contributed by atoms with E-state index < -0.39 is 55.8 Å². The van der Waals surface area contributed by atoms with Crippen molar-refractivity contribution < 1.29 is 37.7 Å². The van der Waals surface area contributed by atoms with Gasteiger partial charge in [-0.25, -0.2) is 9.67 Å². The first kappa shape index (κ1) is 22.6. The van der Waals surface area contributed by atoms with Crippen LogP contribution in [-0.2, 0) is 18.3 Å². The maximum Gasteiger partial charge on any atom is 0.389 e. The molecule has 0 aliphatic carbocycles. The predicted octanol–water partition coefficient (Wildman–Crippen LogP) is 0.850. The van der Waals surface area contributed by atoms with Crippen LogP contribution in [0.4, 0.5) is 4.39 Å². The molecule has 13 heteroatoms. The van der Waals surface area contributed by atoms with Gasteiger partial charge >= 0.3 is 7.60 Å². The Bertz CT molecular complexity index is 770. The summed E-state index contributed by atoms with van der Waals surface area (Å²) in [4.78, 5) is 14.7. The Morgan fingerprint density at radius 2 is 1.89 bits per heavy atom. The first-order valence-electron chi connectivity index (χ1n) is 8.52. The molecule has 4 N–H and O–H groups in total. The van der Waals surface area contributed by atoms with E-state index in [1.807, 2.05) is 0 Å². The van der Waals surface area contributed by atoms with Gasteiger partial charge in [-0.3, -0.25) is 9.36 Å². The number of hydrogen-bond acceptors (Lipinski definition) is 9. The van der Waals surface area contributed by atoms with E-state index in [9.17, 15) is 24.0 Å². The van der Waals surface area contributed by atoms with Crippen LogP contribution in [0.3, 0.4) is 0 Å². The molecule has 1 aliphatic rings. The topological polar surface area (TPSA) is 159 Å². The molecular formula is C15H24FN4O7P. The van der Waals surface area contributed by atoms with Gasteiger partial charge in [0.25, 0.3) is 5.91 Å². The number of nitrogens with two attached hydrogens (primary N) is 1. The highest BCUT2D eigenvalue weighted by atomic mass is 31.2. The van der Waals surface area contributed by atoms with Gasteiger partial charge in [-0.05, 0) is 33.8 Å². The number of halogens is 1. The molecule has 1 saturated heterocycles. The summed E-state index contributed by atoms with van der Waals surface area (Å²) in [5, 5.41) is 24.1. The lowest BCUT2D eigenvalue weighted by Gasteiger charge is -2.22. The van der Waals surface area contributed by atoms with Crippen LogP contribution in [0.5, 0.6) is 0 Å². The molecule has 0 saturated carbocycles. The van der Waals surface area contributed by atoms with Gasteiger partial charge in [0, 0.05) is 0 Å². The molecule has 28 heavy (non-hydrogen) atoms. The molecular weight excluding hydrogens is 398 g/mol. The van der Waals surface area contributed by atoms with Crippen molar-refractivity contribution in [2.75, 3.05) is 0 Å². The van der Waals surface area contributed by atoms with Gasteiger partial charge in [0.1, 0.15) is 24.6 Å². The maximum atomic E-state index is 14.7. The number of amides is 1. The van der Waals surface area contributed by atoms with Gasteiger partial charge in [-0.1, -0.05) is 0 Å². The van der Waals surface area contributed by atoms with E-state index >= 15 is 0 Å². The largest absolute Gasteiger partial charge is 0.389 e. The lowest BCUT2D eigenvalue weighted by molar-refractivity contribution is -0.0349. The molecule has 0 aromatic carbocycles. The van der Waals surface area contributed by atoms with Crippen LogP contribution in [0.25, 0.3) is 0 Å². The molecule has 1 fully saturated rings. The average Bonchev–Trinajstić information content (AvgIpc) is 3.14. The number of hydrogen-bond donors (Lipinski definition) is 3. The smallest absolute Gasteiger partial charge is 0.387 e. The highest BCUT2D eigenvalue weighted by Crippen LogP contribution is 2.58. The first-order chi connectivity index (χ1) is 12.9.